The second-order valence-corrected chi connectivity index (χ2v) is 8.57. The van der Waals surface area contributed by atoms with Crippen molar-refractivity contribution < 1.29 is 26.7 Å². The van der Waals surface area contributed by atoms with Gasteiger partial charge in [-0.05, 0) is 25.0 Å². The number of nitrogens with one attached hydrogen (secondary N) is 1. The van der Waals surface area contributed by atoms with E-state index in [0.29, 0.717) is 38.0 Å². The molecule has 4 rings (SSSR count). The van der Waals surface area contributed by atoms with Crippen molar-refractivity contribution in [2.75, 3.05) is 36.4 Å². The van der Waals surface area contributed by atoms with Gasteiger partial charge in [0, 0.05) is 50.7 Å². The van der Waals surface area contributed by atoms with E-state index in [1.54, 1.807) is 17.9 Å². The summed E-state index contributed by atoms with van der Waals surface area (Å²) in [6.45, 7) is 2.45. The Hall–Kier alpha value is -3.05. The van der Waals surface area contributed by atoms with Crippen LogP contribution < -0.4 is 10.2 Å². The van der Waals surface area contributed by atoms with Crippen LogP contribution >= 0.6 is 0 Å². The third kappa shape index (κ3) is 5.53. The Morgan fingerprint density at radius 2 is 1.88 bits per heavy atom. The van der Waals surface area contributed by atoms with E-state index >= 15 is 0 Å². The normalized spacial score (nSPS) is 18.9. The number of halogens is 5. The SMILES string of the molecule is CCC(=O)N1CCC(c2cc(Nc3cc(C(F)(F)F)ccn3)nc(N3CCC(F)(F)C3)n2)CC1. The third-order valence-corrected chi connectivity index (χ3v) is 6.10. The molecule has 0 bridgehead atoms. The van der Waals surface area contributed by atoms with Crippen molar-refractivity contribution in [2.24, 2.45) is 0 Å². The molecule has 0 aliphatic carbocycles. The van der Waals surface area contributed by atoms with Crippen LogP contribution in [0.25, 0.3) is 0 Å². The molecule has 2 aliphatic rings. The maximum absolute atomic E-state index is 13.8. The van der Waals surface area contributed by atoms with Crippen LogP contribution in [-0.4, -0.2) is 57.9 Å². The number of carbonyl (C=O) groups is 1. The maximum Gasteiger partial charge on any atom is 0.416 e. The number of hydrogen-bond donors (Lipinski definition) is 1. The zero-order valence-corrected chi connectivity index (χ0v) is 18.6. The summed E-state index contributed by atoms with van der Waals surface area (Å²) >= 11 is 0. The van der Waals surface area contributed by atoms with Crippen LogP contribution in [0.4, 0.5) is 39.5 Å². The number of carbonyl (C=O) groups excluding carboxylic acids is 1. The molecule has 0 atom stereocenters. The van der Waals surface area contributed by atoms with Gasteiger partial charge in [-0.15, -0.1) is 0 Å². The van der Waals surface area contributed by atoms with Gasteiger partial charge in [0.25, 0.3) is 5.92 Å². The van der Waals surface area contributed by atoms with Crippen molar-refractivity contribution in [1.29, 1.82) is 0 Å². The van der Waals surface area contributed by atoms with E-state index in [4.69, 9.17) is 0 Å². The average Bonchev–Trinajstić information content (AvgIpc) is 3.18. The number of anilines is 3. The summed E-state index contributed by atoms with van der Waals surface area (Å²) in [7, 11) is 0. The lowest BCUT2D eigenvalue weighted by Gasteiger charge is -2.32. The minimum atomic E-state index is -4.54. The van der Waals surface area contributed by atoms with E-state index in [2.05, 4.69) is 20.3 Å². The minimum absolute atomic E-state index is 0.0409. The van der Waals surface area contributed by atoms with Crippen LogP contribution in [0.5, 0.6) is 0 Å². The molecule has 12 heteroatoms. The fourth-order valence-corrected chi connectivity index (χ4v) is 4.23. The number of piperidine rings is 1. The first-order chi connectivity index (χ1) is 16.0. The molecule has 0 aromatic carbocycles. The van der Waals surface area contributed by atoms with E-state index in [1.807, 2.05) is 0 Å². The first kappa shape index (κ1) is 24.1. The van der Waals surface area contributed by atoms with Crippen LogP contribution in [0.3, 0.4) is 0 Å². The molecule has 2 aliphatic heterocycles. The minimum Gasteiger partial charge on any atom is -0.343 e. The lowest BCUT2D eigenvalue weighted by molar-refractivity contribution is -0.137. The monoisotopic (exact) mass is 484 g/mol. The van der Waals surface area contributed by atoms with Gasteiger partial charge in [0.15, 0.2) is 0 Å². The lowest BCUT2D eigenvalue weighted by atomic mass is 9.93. The quantitative estimate of drug-likeness (QED) is 0.626. The molecule has 34 heavy (non-hydrogen) atoms. The number of alkyl halides is 5. The molecule has 184 valence electrons. The Morgan fingerprint density at radius 1 is 1.15 bits per heavy atom. The van der Waals surface area contributed by atoms with Gasteiger partial charge in [0.05, 0.1) is 17.8 Å². The first-order valence-electron chi connectivity index (χ1n) is 11.1. The number of amides is 1. The van der Waals surface area contributed by atoms with Crippen LogP contribution in [0.15, 0.2) is 24.4 Å². The van der Waals surface area contributed by atoms with E-state index in [-0.39, 0.29) is 42.4 Å². The van der Waals surface area contributed by atoms with Crippen molar-refractivity contribution in [3.8, 4) is 0 Å². The molecule has 7 nitrogen and oxygen atoms in total. The highest BCUT2D eigenvalue weighted by atomic mass is 19.4. The predicted octanol–water partition coefficient (Wildman–Crippen LogP) is 4.60. The molecule has 1 N–H and O–H groups in total. The summed E-state index contributed by atoms with van der Waals surface area (Å²) in [5.41, 5.74) is -0.273. The van der Waals surface area contributed by atoms with Crippen molar-refractivity contribution in [3.63, 3.8) is 0 Å². The Kier molecular flexibility index (Phi) is 6.59. The summed E-state index contributed by atoms with van der Waals surface area (Å²) in [6.07, 6.45) is -2.12. The second-order valence-electron chi connectivity index (χ2n) is 8.57. The number of nitrogens with zero attached hydrogens (tertiary/aromatic N) is 5. The smallest absolute Gasteiger partial charge is 0.343 e. The predicted molar refractivity (Wildman–Crippen MR) is 115 cm³/mol. The van der Waals surface area contributed by atoms with Gasteiger partial charge >= 0.3 is 6.18 Å². The maximum atomic E-state index is 13.8. The average molecular weight is 484 g/mol. The van der Waals surface area contributed by atoms with Crippen molar-refractivity contribution in [1.82, 2.24) is 19.9 Å². The van der Waals surface area contributed by atoms with Gasteiger partial charge in [-0.2, -0.15) is 18.2 Å². The second kappa shape index (κ2) is 9.30. The van der Waals surface area contributed by atoms with Gasteiger partial charge in [-0.3, -0.25) is 4.79 Å². The fraction of sp³-hybridized carbons (Fsp3) is 0.545. The number of likely N-dealkylation sites (tertiary alicyclic amines) is 1. The first-order valence-corrected chi connectivity index (χ1v) is 11.1. The van der Waals surface area contributed by atoms with E-state index in [0.717, 1.165) is 18.3 Å². The van der Waals surface area contributed by atoms with Crippen molar-refractivity contribution in [3.05, 3.63) is 35.7 Å². The summed E-state index contributed by atoms with van der Waals surface area (Å²) in [5.74, 6) is -2.63. The standard InChI is InChI=1S/C22H25F5N6O/c1-2-19(34)32-8-4-14(5-9-32)16-12-18(30-17-11-15(3-7-28-17)22(25,26)27)31-20(29-16)33-10-6-21(23,24)13-33/h3,7,11-12,14H,2,4-6,8-10,13H2,1H3,(H,28,29,30,31). The molecular weight excluding hydrogens is 459 g/mol. The number of rotatable bonds is 5. The van der Waals surface area contributed by atoms with Crippen molar-refractivity contribution >= 4 is 23.5 Å². The van der Waals surface area contributed by atoms with Crippen molar-refractivity contribution in [2.45, 2.75) is 50.6 Å². The largest absolute Gasteiger partial charge is 0.416 e. The molecular formula is C22H25F5N6O. The highest BCUT2D eigenvalue weighted by Crippen LogP contribution is 2.34. The molecule has 0 saturated carbocycles. The van der Waals surface area contributed by atoms with Gasteiger partial charge in [-0.25, -0.2) is 18.7 Å². The molecule has 4 heterocycles. The van der Waals surface area contributed by atoms with Crippen LogP contribution in [-0.2, 0) is 11.0 Å². The Morgan fingerprint density at radius 3 is 2.50 bits per heavy atom. The summed E-state index contributed by atoms with van der Waals surface area (Å²) in [4.78, 5) is 27.9. The molecule has 2 fully saturated rings. The van der Waals surface area contributed by atoms with Crippen LogP contribution in [0, 0.1) is 0 Å². The van der Waals surface area contributed by atoms with E-state index in [9.17, 15) is 26.7 Å². The summed E-state index contributed by atoms with van der Waals surface area (Å²) in [6, 6.07) is 3.33. The highest BCUT2D eigenvalue weighted by molar-refractivity contribution is 5.75. The van der Waals surface area contributed by atoms with Gasteiger partial charge < -0.3 is 15.1 Å². The highest BCUT2D eigenvalue weighted by Gasteiger charge is 2.39. The van der Waals surface area contributed by atoms with Gasteiger partial charge in [-0.1, -0.05) is 6.92 Å². The molecule has 2 saturated heterocycles. The number of pyridine rings is 1. The van der Waals surface area contributed by atoms with Crippen LogP contribution in [0.2, 0.25) is 0 Å². The van der Waals surface area contributed by atoms with E-state index < -0.39 is 24.2 Å². The molecule has 0 radical (unpaired) electrons. The van der Waals surface area contributed by atoms with E-state index in [1.165, 1.54) is 4.90 Å². The van der Waals surface area contributed by atoms with Gasteiger partial charge in [0.2, 0.25) is 11.9 Å². The molecule has 1 amide bonds. The Labute approximate surface area is 193 Å². The zero-order valence-electron chi connectivity index (χ0n) is 18.6. The molecule has 0 spiro atoms. The van der Waals surface area contributed by atoms with Crippen LogP contribution in [0.1, 0.15) is 49.8 Å². The number of hydrogen-bond acceptors (Lipinski definition) is 6. The number of aromatic nitrogens is 3. The third-order valence-electron chi connectivity index (χ3n) is 6.10. The molecule has 2 aromatic heterocycles. The topological polar surface area (TPSA) is 74.2 Å². The molecule has 0 unspecified atom stereocenters. The summed E-state index contributed by atoms with van der Waals surface area (Å²) < 4.78 is 66.9. The summed E-state index contributed by atoms with van der Waals surface area (Å²) in [5, 5.41) is 2.78. The Balaban J connectivity index is 1.61. The zero-order chi connectivity index (χ0) is 24.5. The van der Waals surface area contributed by atoms with Gasteiger partial charge in [0.1, 0.15) is 11.6 Å². The fourth-order valence-electron chi connectivity index (χ4n) is 4.23. The molecule has 2 aromatic rings. The lowest BCUT2D eigenvalue weighted by Crippen LogP contribution is -2.37. The Bertz CT molecular complexity index is 1040.